The number of esters is 1. The molecule has 232 valence electrons. The minimum absolute atomic E-state index is 0.000327. The Morgan fingerprint density at radius 1 is 0.822 bits per heavy atom. The first-order valence-corrected chi connectivity index (χ1v) is 14.2. The van der Waals surface area contributed by atoms with Crippen LogP contribution in [0.1, 0.15) is 49.5 Å². The minimum atomic E-state index is -0.766. The van der Waals surface area contributed by atoms with Crippen molar-refractivity contribution in [2.45, 2.75) is 20.8 Å². The van der Waals surface area contributed by atoms with E-state index in [0.717, 1.165) is 0 Å². The second-order valence-electron chi connectivity index (χ2n) is 9.15. The number of amides is 1. The van der Waals surface area contributed by atoms with Crippen molar-refractivity contribution in [2.24, 2.45) is 0 Å². The van der Waals surface area contributed by atoms with Crippen LogP contribution in [-0.2, 0) is 4.74 Å². The van der Waals surface area contributed by atoms with E-state index in [0.29, 0.717) is 11.3 Å². The summed E-state index contributed by atoms with van der Waals surface area (Å²) in [5.41, 5.74) is 0.736. The Hall–Kier alpha value is -4.58. The molecule has 2 aromatic heterocycles. The molecule has 0 spiro atoms. The van der Waals surface area contributed by atoms with E-state index in [1.165, 1.54) is 56.3 Å². The highest BCUT2D eigenvalue weighted by molar-refractivity contribution is 6.68. The van der Waals surface area contributed by atoms with E-state index in [9.17, 15) is 23.2 Å². The van der Waals surface area contributed by atoms with Crippen molar-refractivity contribution in [1.82, 2.24) is 10.3 Å². The SMILES string of the molecule is CCOC(=O)c1cccc(NC(=O)c2c(-c3c(F)cccc3Cl)noc2C)c1.Cc1onc(-c2c(F)cccc2Cl)c1C(=O)Cl. The molecular formula is C31H22Cl3F2N3O6. The van der Waals surface area contributed by atoms with Crippen LogP contribution in [0.4, 0.5) is 14.5 Å². The van der Waals surface area contributed by atoms with Crippen LogP contribution in [0, 0.1) is 25.5 Å². The number of ether oxygens (including phenoxy) is 1. The van der Waals surface area contributed by atoms with Crippen LogP contribution >= 0.6 is 34.8 Å². The molecule has 9 nitrogen and oxygen atoms in total. The van der Waals surface area contributed by atoms with Crippen LogP contribution in [0.3, 0.4) is 0 Å². The molecule has 0 aliphatic rings. The summed E-state index contributed by atoms with van der Waals surface area (Å²) in [6, 6.07) is 14.6. The van der Waals surface area contributed by atoms with Gasteiger partial charge in [-0.05, 0) is 74.8 Å². The van der Waals surface area contributed by atoms with Gasteiger partial charge in [-0.25, -0.2) is 13.6 Å². The average molecular weight is 677 g/mol. The fourth-order valence-electron chi connectivity index (χ4n) is 4.16. The molecule has 0 saturated carbocycles. The van der Waals surface area contributed by atoms with Crippen molar-refractivity contribution in [3.8, 4) is 22.5 Å². The predicted octanol–water partition coefficient (Wildman–Crippen LogP) is 8.69. The van der Waals surface area contributed by atoms with Crippen molar-refractivity contribution in [3.63, 3.8) is 0 Å². The van der Waals surface area contributed by atoms with E-state index >= 15 is 0 Å². The van der Waals surface area contributed by atoms with Gasteiger partial charge in [0.15, 0.2) is 0 Å². The third kappa shape index (κ3) is 7.39. The molecule has 0 atom stereocenters. The van der Waals surface area contributed by atoms with Gasteiger partial charge in [0.2, 0.25) is 0 Å². The predicted molar refractivity (Wildman–Crippen MR) is 164 cm³/mol. The zero-order valence-electron chi connectivity index (χ0n) is 23.7. The smallest absolute Gasteiger partial charge is 0.338 e. The van der Waals surface area contributed by atoms with Gasteiger partial charge in [-0.1, -0.05) is 51.7 Å². The van der Waals surface area contributed by atoms with Gasteiger partial charge in [0.05, 0.1) is 33.3 Å². The summed E-state index contributed by atoms with van der Waals surface area (Å²) >= 11 is 17.4. The summed E-state index contributed by atoms with van der Waals surface area (Å²) < 4.78 is 42.8. The van der Waals surface area contributed by atoms with E-state index in [2.05, 4.69) is 15.6 Å². The Morgan fingerprint density at radius 2 is 1.33 bits per heavy atom. The highest BCUT2D eigenvalue weighted by Gasteiger charge is 2.26. The molecule has 14 heteroatoms. The number of nitrogens with one attached hydrogen (secondary N) is 1. The summed E-state index contributed by atoms with van der Waals surface area (Å²) in [5, 5.41) is 9.56. The zero-order valence-corrected chi connectivity index (χ0v) is 26.0. The number of halogens is 5. The lowest BCUT2D eigenvalue weighted by Crippen LogP contribution is -2.14. The zero-order chi connectivity index (χ0) is 32.8. The van der Waals surface area contributed by atoms with E-state index in [4.69, 9.17) is 48.6 Å². The van der Waals surface area contributed by atoms with Gasteiger partial charge in [-0.15, -0.1) is 0 Å². The Bertz CT molecular complexity index is 1870. The molecule has 0 bridgehead atoms. The number of aryl methyl sites for hydroxylation is 2. The second-order valence-corrected chi connectivity index (χ2v) is 10.3. The number of hydrogen-bond acceptors (Lipinski definition) is 8. The Morgan fingerprint density at radius 3 is 1.84 bits per heavy atom. The maximum absolute atomic E-state index is 14.3. The molecule has 5 rings (SSSR count). The number of carbonyl (C=O) groups is 3. The number of rotatable bonds is 7. The maximum atomic E-state index is 14.3. The summed E-state index contributed by atoms with van der Waals surface area (Å²) in [5.74, 6) is -1.87. The first-order valence-electron chi connectivity index (χ1n) is 13.0. The molecule has 3 aromatic carbocycles. The fourth-order valence-corrected chi connectivity index (χ4v) is 4.89. The van der Waals surface area contributed by atoms with Gasteiger partial charge in [0, 0.05) is 5.69 Å². The highest BCUT2D eigenvalue weighted by atomic mass is 35.5. The van der Waals surface area contributed by atoms with Crippen molar-refractivity contribution < 1.29 is 36.9 Å². The minimum Gasteiger partial charge on any atom is -0.462 e. The van der Waals surface area contributed by atoms with Crippen LogP contribution < -0.4 is 5.32 Å². The van der Waals surface area contributed by atoms with Crippen molar-refractivity contribution in [3.05, 3.63) is 111 Å². The molecule has 0 saturated heterocycles. The lowest BCUT2D eigenvalue weighted by molar-refractivity contribution is 0.0526. The molecule has 0 radical (unpaired) electrons. The van der Waals surface area contributed by atoms with Gasteiger partial charge in [0.25, 0.3) is 11.1 Å². The number of aromatic nitrogens is 2. The third-order valence-electron chi connectivity index (χ3n) is 6.18. The molecule has 2 heterocycles. The lowest BCUT2D eigenvalue weighted by atomic mass is 10.0. The largest absolute Gasteiger partial charge is 0.462 e. The van der Waals surface area contributed by atoms with Crippen molar-refractivity contribution >= 4 is 57.6 Å². The third-order valence-corrected chi connectivity index (χ3v) is 7.00. The Balaban J connectivity index is 0.000000231. The molecule has 0 fully saturated rings. The lowest BCUT2D eigenvalue weighted by Gasteiger charge is -2.09. The standard InChI is InChI=1S/C20H16ClFN2O4.C11H6Cl2FNO2/c1-3-27-20(26)12-6-4-7-13(10-12)23-19(25)16-11(2)28-24-18(16)17-14(21)8-5-9-15(17)22;1-5-8(11(13)16)10(15-17-5)9-6(12)3-2-4-7(9)14/h4-10H,3H2,1-2H3,(H,23,25);2-4H,1H3. The number of nitrogens with zero attached hydrogens (tertiary/aromatic N) is 2. The molecule has 5 aromatic rings. The average Bonchev–Trinajstić information content (AvgIpc) is 3.56. The molecular weight excluding hydrogens is 655 g/mol. The number of hydrogen-bond donors (Lipinski definition) is 1. The van der Waals surface area contributed by atoms with Crippen LogP contribution in [-0.4, -0.2) is 34.0 Å². The number of benzene rings is 3. The van der Waals surface area contributed by atoms with E-state index in [1.807, 2.05) is 0 Å². The van der Waals surface area contributed by atoms with Gasteiger partial charge < -0.3 is 19.1 Å². The van der Waals surface area contributed by atoms with E-state index in [-0.39, 0.29) is 61.8 Å². The van der Waals surface area contributed by atoms with Gasteiger partial charge in [-0.3, -0.25) is 9.59 Å². The number of carbonyl (C=O) groups excluding carboxylic acids is 3. The highest BCUT2D eigenvalue weighted by Crippen LogP contribution is 2.35. The van der Waals surface area contributed by atoms with E-state index < -0.39 is 28.8 Å². The Kier molecular flexibility index (Phi) is 10.7. The normalized spacial score (nSPS) is 10.6. The molecule has 0 aliphatic carbocycles. The molecule has 0 unspecified atom stereocenters. The van der Waals surface area contributed by atoms with Crippen molar-refractivity contribution in [2.75, 3.05) is 11.9 Å². The molecule has 0 aliphatic heterocycles. The Labute approximate surface area is 270 Å². The summed E-state index contributed by atoms with van der Waals surface area (Å²) in [6.45, 7) is 4.99. The number of anilines is 1. The quantitative estimate of drug-likeness (QED) is 0.134. The first-order chi connectivity index (χ1) is 21.4. The molecule has 45 heavy (non-hydrogen) atoms. The van der Waals surface area contributed by atoms with Crippen LogP contribution in [0.25, 0.3) is 22.5 Å². The first kappa shape index (κ1) is 33.3. The molecule has 1 N–H and O–H groups in total. The second kappa shape index (κ2) is 14.5. The van der Waals surface area contributed by atoms with Crippen LogP contribution in [0.2, 0.25) is 10.0 Å². The topological polar surface area (TPSA) is 125 Å². The molecule has 1 amide bonds. The van der Waals surface area contributed by atoms with Crippen LogP contribution in [0.5, 0.6) is 0 Å². The summed E-state index contributed by atoms with van der Waals surface area (Å²) in [4.78, 5) is 35.9. The fraction of sp³-hybridized carbons (Fsp3) is 0.129. The van der Waals surface area contributed by atoms with Gasteiger partial charge in [-0.2, -0.15) is 0 Å². The van der Waals surface area contributed by atoms with Gasteiger partial charge >= 0.3 is 5.97 Å². The maximum Gasteiger partial charge on any atom is 0.338 e. The monoisotopic (exact) mass is 675 g/mol. The summed E-state index contributed by atoms with van der Waals surface area (Å²) in [6.07, 6.45) is 0. The van der Waals surface area contributed by atoms with Crippen molar-refractivity contribution in [1.29, 1.82) is 0 Å². The summed E-state index contributed by atoms with van der Waals surface area (Å²) in [7, 11) is 0. The van der Waals surface area contributed by atoms with E-state index in [1.54, 1.807) is 25.1 Å². The van der Waals surface area contributed by atoms with Crippen LogP contribution in [0.15, 0.2) is 69.7 Å². The van der Waals surface area contributed by atoms with Gasteiger partial charge in [0.1, 0.15) is 45.7 Å².